The van der Waals surface area contributed by atoms with Crippen LogP contribution in [-0.2, 0) is 15.3 Å². The zero-order valence-electron chi connectivity index (χ0n) is 13.2. The minimum Gasteiger partial charge on any atom is -0.469 e. The van der Waals surface area contributed by atoms with Crippen molar-refractivity contribution in [1.29, 1.82) is 0 Å². The van der Waals surface area contributed by atoms with E-state index in [2.05, 4.69) is 4.74 Å². The fraction of sp³-hybridized carbons (Fsp3) is 0.211. The lowest BCUT2D eigenvalue weighted by Gasteiger charge is -2.07. The summed E-state index contributed by atoms with van der Waals surface area (Å²) in [6.07, 6.45) is 0.161. The van der Waals surface area contributed by atoms with Crippen LogP contribution in [0.4, 0.5) is 0 Å². The Morgan fingerprint density at radius 1 is 1.08 bits per heavy atom. The first-order valence-electron chi connectivity index (χ1n) is 7.59. The lowest BCUT2D eigenvalue weighted by molar-refractivity contribution is -0.140. The monoisotopic (exact) mass is 340 g/mol. The molecule has 122 valence electrons. The maximum Gasteiger partial charge on any atom is 0.305 e. The lowest BCUT2D eigenvalue weighted by Crippen LogP contribution is -2.07. The van der Waals surface area contributed by atoms with Crippen LogP contribution in [0, 0.1) is 0 Å². The smallest absolute Gasteiger partial charge is 0.305 e. The van der Waals surface area contributed by atoms with E-state index in [-0.39, 0.29) is 24.4 Å². The van der Waals surface area contributed by atoms with Crippen LogP contribution in [0.1, 0.15) is 44.7 Å². The van der Waals surface area contributed by atoms with E-state index in [1.807, 2.05) is 24.3 Å². The Hall–Kier alpha value is -2.40. The zero-order chi connectivity index (χ0) is 17.1. The highest BCUT2D eigenvalue weighted by molar-refractivity contribution is 7.98. The van der Waals surface area contributed by atoms with Crippen molar-refractivity contribution in [3.8, 4) is 0 Å². The van der Waals surface area contributed by atoms with Gasteiger partial charge < -0.3 is 4.74 Å². The molecule has 0 N–H and O–H groups in total. The van der Waals surface area contributed by atoms with Crippen LogP contribution in [0.15, 0.2) is 47.4 Å². The second kappa shape index (κ2) is 7.01. The van der Waals surface area contributed by atoms with Gasteiger partial charge in [-0.25, -0.2) is 0 Å². The van der Waals surface area contributed by atoms with Crippen molar-refractivity contribution < 1.29 is 19.1 Å². The van der Waals surface area contributed by atoms with Crippen molar-refractivity contribution in [3.05, 3.63) is 64.7 Å². The van der Waals surface area contributed by atoms with E-state index in [1.54, 1.807) is 30.0 Å². The number of carbonyl (C=O) groups is 3. The number of Topliss-reactive ketones (excluding diaryl/α,β-unsaturated/α-hetero) is 1. The molecule has 0 bridgehead atoms. The first-order chi connectivity index (χ1) is 11.6. The van der Waals surface area contributed by atoms with Crippen LogP contribution >= 0.6 is 11.8 Å². The largest absolute Gasteiger partial charge is 0.469 e. The maximum atomic E-state index is 12.7. The standard InChI is InChI=1S/C19H16O4S/c1-23-18(21)9-8-16(20)12-6-7-15-17(10-12)24-11-13-4-2-3-5-14(13)19(15)22/h2-7,10H,8-9,11H2,1H3. The molecule has 0 aliphatic carbocycles. The van der Waals surface area contributed by atoms with E-state index in [1.165, 1.54) is 7.11 Å². The number of hydrogen-bond donors (Lipinski definition) is 0. The molecule has 1 aliphatic heterocycles. The van der Waals surface area contributed by atoms with Crippen LogP contribution in [0.25, 0.3) is 0 Å². The van der Waals surface area contributed by atoms with Gasteiger partial charge in [0.15, 0.2) is 11.6 Å². The van der Waals surface area contributed by atoms with Crippen molar-refractivity contribution in [2.45, 2.75) is 23.5 Å². The Kier molecular flexibility index (Phi) is 4.81. The average Bonchev–Trinajstić information content (AvgIpc) is 2.76. The quantitative estimate of drug-likeness (QED) is 0.628. The second-order valence-electron chi connectivity index (χ2n) is 5.49. The van der Waals surface area contributed by atoms with Gasteiger partial charge in [-0.3, -0.25) is 14.4 Å². The van der Waals surface area contributed by atoms with Crippen LogP contribution in [0.3, 0.4) is 0 Å². The van der Waals surface area contributed by atoms with E-state index in [0.717, 1.165) is 10.5 Å². The van der Waals surface area contributed by atoms with E-state index in [9.17, 15) is 14.4 Å². The van der Waals surface area contributed by atoms with Gasteiger partial charge in [0, 0.05) is 33.8 Å². The Labute approximate surface area is 144 Å². The Bertz CT molecular complexity index is 826. The molecule has 24 heavy (non-hydrogen) atoms. The average molecular weight is 340 g/mol. The molecule has 1 aliphatic rings. The molecule has 2 aromatic rings. The van der Waals surface area contributed by atoms with Crippen molar-refractivity contribution in [3.63, 3.8) is 0 Å². The summed E-state index contributed by atoms with van der Waals surface area (Å²) in [4.78, 5) is 36.9. The molecule has 1 heterocycles. The van der Waals surface area contributed by atoms with Gasteiger partial charge in [0.1, 0.15) is 0 Å². The van der Waals surface area contributed by atoms with Crippen LogP contribution in [0.5, 0.6) is 0 Å². The highest BCUT2D eigenvalue weighted by Gasteiger charge is 2.22. The van der Waals surface area contributed by atoms with Crippen molar-refractivity contribution >= 4 is 29.3 Å². The predicted octanol–water partition coefficient (Wildman–Crippen LogP) is 3.66. The van der Waals surface area contributed by atoms with Crippen molar-refractivity contribution in [1.82, 2.24) is 0 Å². The van der Waals surface area contributed by atoms with Gasteiger partial charge in [-0.05, 0) is 17.7 Å². The Morgan fingerprint density at radius 2 is 1.88 bits per heavy atom. The summed E-state index contributed by atoms with van der Waals surface area (Å²) in [5, 5.41) is 0. The van der Waals surface area contributed by atoms with Crippen molar-refractivity contribution in [2.75, 3.05) is 7.11 Å². The zero-order valence-corrected chi connectivity index (χ0v) is 14.0. The molecule has 0 atom stereocenters. The van der Waals surface area contributed by atoms with Gasteiger partial charge in [0.2, 0.25) is 0 Å². The summed E-state index contributed by atoms with van der Waals surface area (Å²) >= 11 is 1.55. The predicted molar refractivity (Wildman–Crippen MR) is 91.5 cm³/mol. The van der Waals surface area contributed by atoms with Gasteiger partial charge in [0.05, 0.1) is 13.5 Å². The molecule has 3 rings (SSSR count). The van der Waals surface area contributed by atoms with Gasteiger partial charge >= 0.3 is 5.97 Å². The van der Waals surface area contributed by atoms with Crippen LogP contribution in [0.2, 0.25) is 0 Å². The third-order valence-corrected chi connectivity index (χ3v) is 5.08. The number of hydrogen-bond acceptors (Lipinski definition) is 5. The minimum absolute atomic E-state index is 0.0147. The number of esters is 1. The molecular weight excluding hydrogens is 324 g/mol. The van der Waals surface area contributed by atoms with E-state index in [0.29, 0.717) is 22.4 Å². The molecular formula is C19H16O4S. The second-order valence-corrected chi connectivity index (χ2v) is 6.50. The Morgan fingerprint density at radius 3 is 2.67 bits per heavy atom. The molecule has 0 fully saturated rings. The number of ether oxygens (including phenoxy) is 1. The molecule has 0 saturated heterocycles. The van der Waals surface area contributed by atoms with Gasteiger partial charge in [-0.2, -0.15) is 0 Å². The molecule has 0 amide bonds. The molecule has 0 unspecified atom stereocenters. The summed E-state index contributed by atoms with van der Waals surface area (Å²) in [5.74, 6) is 0.143. The molecule has 0 spiro atoms. The highest BCUT2D eigenvalue weighted by Crippen LogP contribution is 2.34. The Balaban J connectivity index is 1.86. The number of ketones is 2. The summed E-state index contributed by atoms with van der Waals surface area (Å²) in [6.45, 7) is 0. The topological polar surface area (TPSA) is 60.4 Å². The van der Waals surface area contributed by atoms with Crippen LogP contribution in [-0.4, -0.2) is 24.6 Å². The van der Waals surface area contributed by atoms with Gasteiger partial charge in [-0.1, -0.05) is 30.3 Å². The number of carbonyl (C=O) groups excluding carboxylic acids is 3. The number of thioether (sulfide) groups is 1. The van der Waals surface area contributed by atoms with Gasteiger partial charge in [-0.15, -0.1) is 11.8 Å². The fourth-order valence-electron chi connectivity index (χ4n) is 2.63. The highest BCUT2D eigenvalue weighted by atomic mass is 32.2. The molecule has 0 aromatic heterocycles. The normalized spacial score (nSPS) is 12.8. The van der Waals surface area contributed by atoms with Crippen LogP contribution < -0.4 is 0 Å². The van der Waals surface area contributed by atoms with E-state index < -0.39 is 5.97 Å². The van der Waals surface area contributed by atoms with Gasteiger partial charge in [0.25, 0.3) is 0 Å². The molecule has 2 aromatic carbocycles. The summed E-state index contributed by atoms with van der Waals surface area (Å²) < 4.78 is 4.55. The van der Waals surface area contributed by atoms with Crippen molar-refractivity contribution in [2.24, 2.45) is 0 Å². The fourth-order valence-corrected chi connectivity index (χ4v) is 3.72. The molecule has 5 heteroatoms. The summed E-state index contributed by atoms with van der Waals surface area (Å²) in [6, 6.07) is 12.7. The third kappa shape index (κ3) is 3.26. The van der Waals surface area contributed by atoms with E-state index >= 15 is 0 Å². The first kappa shape index (κ1) is 16.5. The third-order valence-electron chi connectivity index (χ3n) is 3.98. The minimum atomic E-state index is -0.405. The number of methoxy groups -OCH3 is 1. The first-order valence-corrected chi connectivity index (χ1v) is 8.58. The summed E-state index contributed by atoms with van der Waals surface area (Å²) in [7, 11) is 1.30. The van der Waals surface area contributed by atoms with E-state index in [4.69, 9.17) is 0 Å². The SMILES string of the molecule is COC(=O)CCC(=O)c1ccc2c(c1)SCc1ccccc1C2=O. The molecule has 0 saturated carbocycles. The summed E-state index contributed by atoms with van der Waals surface area (Å²) in [5.41, 5.74) is 2.86. The maximum absolute atomic E-state index is 12.7. The molecule has 0 radical (unpaired) electrons. The molecule has 4 nitrogen and oxygen atoms in total. The number of fused-ring (bicyclic) bond motifs is 2. The number of benzene rings is 2. The lowest BCUT2D eigenvalue weighted by atomic mass is 9.97. The number of rotatable bonds is 4.